The molecule has 1 atom stereocenters. The van der Waals surface area contributed by atoms with Gasteiger partial charge in [-0.25, -0.2) is 0 Å². The Morgan fingerprint density at radius 1 is 1.67 bits per heavy atom. The maximum Gasteiger partial charge on any atom is 0.345 e. The van der Waals surface area contributed by atoms with Gasteiger partial charge in [-0.2, -0.15) is 8.78 Å². The van der Waals surface area contributed by atoms with Crippen molar-refractivity contribution in [1.29, 1.82) is 0 Å². The summed E-state index contributed by atoms with van der Waals surface area (Å²) in [6, 6.07) is 0. The lowest BCUT2D eigenvalue weighted by Gasteiger charge is -2.20. The number of β-amino-alcohol motifs (C(OH)–C–C–N with tert-alkyl or cyclic N) is 1. The molecule has 6 heteroatoms. The van der Waals surface area contributed by atoms with Crippen molar-refractivity contribution in [2.45, 2.75) is 26.6 Å². The van der Waals surface area contributed by atoms with Crippen LogP contribution in [0.25, 0.3) is 0 Å². The first-order valence-corrected chi connectivity index (χ1v) is 4.68. The number of ether oxygens (including phenoxy) is 1. The van der Waals surface area contributed by atoms with Crippen molar-refractivity contribution in [3.63, 3.8) is 0 Å². The van der Waals surface area contributed by atoms with E-state index in [1.165, 1.54) is 4.90 Å². The van der Waals surface area contributed by atoms with E-state index in [9.17, 15) is 18.7 Å². The summed E-state index contributed by atoms with van der Waals surface area (Å²) in [4.78, 5) is 12.7. The van der Waals surface area contributed by atoms with Crippen molar-refractivity contribution in [3.8, 4) is 0 Å². The second kappa shape index (κ2) is 4.40. The smallest absolute Gasteiger partial charge is 0.345 e. The topological polar surface area (TPSA) is 49.8 Å². The highest BCUT2D eigenvalue weighted by Gasteiger charge is 2.40. The number of halogens is 2. The predicted octanol–water partition coefficient (Wildman–Crippen LogP) is 0.455. The second-order valence-electron chi connectivity index (χ2n) is 4.35. The number of carbonyl (C=O) groups is 1. The Morgan fingerprint density at radius 2 is 2.27 bits per heavy atom. The SMILES string of the molecule is CC1(C)CN(C(=O)COC(F)F)CC1O. The van der Waals surface area contributed by atoms with E-state index in [1.54, 1.807) is 0 Å². The molecular formula is C9H15F2NO3. The lowest BCUT2D eigenvalue weighted by atomic mass is 9.90. The third-order valence-electron chi connectivity index (χ3n) is 2.58. The van der Waals surface area contributed by atoms with Crippen LogP contribution in [0.15, 0.2) is 0 Å². The van der Waals surface area contributed by atoms with Crippen LogP contribution >= 0.6 is 0 Å². The first kappa shape index (κ1) is 12.3. The number of amides is 1. The Hall–Kier alpha value is -0.750. The minimum atomic E-state index is -2.94. The molecule has 0 saturated carbocycles. The Bertz CT molecular complexity index is 246. The summed E-state index contributed by atoms with van der Waals surface area (Å²) in [6.07, 6.45) is -0.618. The van der Waals surface area contributed by atoms with Crippen LogP contribution in [-0.2, 0) is 9.53 Å². The van der Waals surface area contributed by atoms with E-state index in [4.69, 9.17) is 0 Å². The normalized spacial score (nSPS) is 24.9. The van der Waals surface area contributed by atoms with Crippen molar-refractivity contribution in [3.05, 3.63) is 0 Å². The van der Waals surface area contributed by atoms with Crippen LogP contribution in [0.2, 0.25) is 0 Å². The monoisotopic (exact) mass is 223 g/mol. The molecule has 1 heterocycles. The number of hydrogen-bond acceptors (Lipinski definition) is 3. The summed E-state index contributed by atoms with van der Waals surface area (Å²) in [5.41, 5.74) is -0.388. The molecule has 1 rings (SSSR count). The fraction of sp³-hybridized carbons (Fsp3) is 0.889. The summed E-state index contributed by atoms with van der Waals surface area (Å²) >= 11 is 0. The number of hydrogen-bond donors (Lipinski definition) is 1. The number of rotatable bonds is 3. The molecule has 1 aliphatic heterocycles. The predicted molar refractivity (Wildman–Crippen MR) is 48.3 cm³/mol. The molecular weight excluding hydrogens is 208 g/mol. The lowest BCUT2D eigenvalue weighted by Crippen LogP contribution is -2.33. The highest BCUT2D eigenvalue weighted by molar-refractivity contribution is 5.77. The summed E-state index contributed by atoms with van der Waals surface area (Å²) in [7, 11) is 0. The molecule has 0 aliphatic carbocycles. The molecule has 1 N–H and O–H groups in total. The second-order valence-corrected chi connectivity index (χ2v) is 4.35. The van der Waals surface area contributed by atoms with Gasteiger partial charge in [-0.1, -0.05) is 13.8 Å². The van der Waals surface area contributed by atoms with E-state index in [0.717, 1.165) is 0 Å². The van der Waals surface area contributed by atoms with E-state index in [1.807, 2.05) is 13.8 Å². The van der Waals surface area contributed by atoms with E-state index in [0.29, 0.717) is 6.54 Å². The molecule has 0 radical (unpaired) electrons. The molecule has 1 saturated heterocycles. The van der Waals surface area contributed by atoms with Crippen LogP contribution in [-0.4, -0.2) is 48.3 Å². The van der Waals surface area contributed by atoms with E-state index < -0.39 is 25.2 Å². The Morgan fingerprint density at radius 3 is 2.67 bits per heavy atom. The van der Waals surface area contributed by atoms with Gasteiger partial charge in [0.1, 0.15) is 6.61 Å². The average molecular weight is 223 g/mol. The molecule has 15 heavy (non-hydrogen) atoms. The number of aliphatic hydroxyl groups is 1. The average Bonchev–Trinajstić information content (AvgIpc) is 2.37. The zero-order chi connectivity index (χ0) is 11.6. The maximum atomic E-state index is 11.7. The van der Waals surface area contributed by atoms with Crippen molar-refractivity contribution in [2.24, 2.45) is 5.41 Å². The number of nitrogens with zero attached hydrogens (tertiary/aromatic N) is 1. The first-order valence-electron chi connectivity index (χ1n) is 4.68. The van der Waals surface area contributed by atoms with Crippen LogP contribution in [0.4, 0.5) is 8.78 Å². The Kier molecular flexibility index (Phi) is 3.62. The van der Waals surface area contributed by atoms with E-state index in [-0.39, 0.29) is 12.0 Å². The third-order valence-corrected chi connectivity index (χ3v) is 2.58. The van der Waals surface area contributed by atoms with Crippen molar-refractivity contribution < 1.29 is 23.4 Å². The quantitative estimate of drug-likeness (QED) is 0.756. The summed E-state index contributed by atoms with van der Waals surface area (Å²) in [6.45, 7) is 0.602. The number of carbonyl (C=O) groups excluding carboxylic acids is 1. The van der Waals surface area contributed by atoms with Crippen LogP contribution in [0, 0.1) is 5.41 Å². The largest absolute Gasteiger partial charge is 0.391 e. The molecule has 0 spiro atoms. The lowest BCUT2D eigenvalue weighted by molar-refractivity contribution is -0.159. The maximum absolute atomic E-state index is 11.7. The fourth-order valence-electron chi connectivity index (χ4n) is 1.53. The number of aliphatic hydroxyl groups excluding tert-OH is 1. The minimum absolute atomic E-state index is 0.179. The highest BCUT2D eigenvalue weighted by Crippen LogP contribution is 2.29. The summed E-state index contributed by atoms with van der Waals surface area (Å²) in [5.74, 6) is -0.514. The standard InChI is InChI=1S/C9H15F2NO3/c1-9(2)5-12(3-6(9)13)7(14)4-15-8(10)11/h6,8,13H,3-5H2,1-2H3. The van der Waals surface area contributed by atoms with E-state index >= 15 is 0 Å². The molecule has 1 fully saturated rings. The van der Waals surface area contributed by atoms with Crippen LogP contribution in [0.1, 0.15) is 13.8 Å². The van der Waals surface area contributed by atoms with Gasteiger partial charge in [-0.15, -0.1) is 0 Å². The van der Waals surface area contributed by atoms with Crippen molar-refractivity contribution in [1.82, 2.24) is 4.90 Å². The fourth-order valence-corrected chi connectivity index (χ4v) is 1.53. The molecule has 1 amide bonds. The van der Waals surface area contributed by atoms with Gasteiger partial charge in [-0.3, -0.25) is 4.79 Å². The zero-order valence-corrected chi connectivity index (χ0v) is 8.74. The first-order chi connectivity index (χ1) is 6.83. The molecule has 0 aromatic rings. The summed E-state index contributed by atoms with van der Waals surface area (Å²) < 4.78 is 27.3. The molecule has 1 unspecified atom stereocenters. The zero-order valence-electron chi connectivity index (χ0n) is 8.74. The third kappa shape index (κ3) is 3.10. The number of alkyl halides is 2. The van der Waals surface area contributed by atoms with Gasteiger partial charge in [-0.05, 0) is 0 Å². The summed E-state index contributed by atoms with van der Waals surface area (Å²) in [5, 5.41) is 9.57. The van der Waals surface area contributed by atoms with Crippen LogP contribution in [0.5, 0.6) is 0 Å². The molecule has 0 aromatic carbocycles. The van der Waals surface area contributed by atoms with Crippen molar-refractivity contribution >= 4 is 5.91 Å². The van der Waals surface area contributed by atoms with Crippen LogP contribution in [0.3, 0.4) is 0 Å². The van der Waals surface area contributed by atoms with Crippen LogP contribution < -0.4 is 0 Å². The van der Waals surface area contributed by atoms with Gasteiger partial charge < -0.3 is 14.7 Å². The van der Waals surface area contributed by atoms with Gasteiger partial charge >= 0.3 is 6.61 Å². The number of likely N-dealkylation sites (tertiary alicyclic amines) is 1. The van der Waals surface area contributed by atoms with Crippen molar-refractivity contribution in [2.75, 3.05) is 19.7 Å². The van der Waals surface area contributed by atoms with Gasteiger partial charge in [0.25, 0.3) is 0 Å². The molecule has 1 aliphatic rings. The highest BCUT2D eigenvalue weighted by atomic mass is 19.3. The van der Waals surface area contributed by atoms with E-state index in [2.05, 4.69) is 4.74 Å². The van der Waals surface area contributed by atoms with Gasteiger partial charge in [0.2, 0.25) is 5.91 Å². The molecule has 0 aromatic heterocycles. The van der Waals surface area contributed by atoms with Gasteiger partial charge in [0, 0.05) is 18.5 Å². The molecule has 4 nitrogen and oxygen atoms in total. The Labute approximate surface area is 86.8 Å². The minimum Gasteiger partial charge on any atom is -0.391 e. The van der Waals surface area contributed by atoms with Gasteiger partial charge in [0.15, 0.2) is 0 Å². The van der Waals surface area contributed by atoms with Gasteiger partial charge in [0.05, 0.1) is 6.10 Å². The molecule has 0 bridgehead atoms. The Balaban J connectivity index is 2.43. The molecule has 88 valence electrons.